The topological polar surface area (TPSA) is 114 Å². The van der Waals surface area contributed by atoms with Crippen LogP contribution in [0.15, 0.2) is 0 Å². The fourth-order valence-corrected chi connectivity index (χ4v) is 3.12. The Bertz CT molecular complexity index is 490. The Kier molecular flexibility index (Phi) is 16.9. The molecule has 3 fully saturated rings. The maximum Gasteiger partial charge on any atom is 0.248 e. The van der Waals surface area contributed by atoms with Crippen molar-refractivity contribution in [3.8, 4) is 0 Å². The second-order valence-electron chi connectivity index (χ2n) is 7.54. The van der Waals surface area contributed by atoms with Gasteiger partial charge < -0.3 is 47.7 Å². The molecule has 0 aliphatic carbocycles. The first kappa shape index (κ1) is 28.9. The number of amides is 2. The highest BCUT2D eigenvalue weighted by molar-refractivity contribution is 5.77. The molecule has 0 atom stereocenters. The number of fused-ring (bicyclic) bond motifs is 27. The molecule has 198 valence electrons. The normalized spacial score (nSPS) is 24.1. The molecule has 0 unspecified atom stereocenters. The lowest BCUT2D eigenvalue weighted by molar-refractivity contribution is -0.141. The summed E-state index contributed by atoms with van der Waals surface area (Å²) in [6.45, 7) is 6.97. The van der Waals surface area contributed by atoms with E-state index in [1.54, 1.807) is 9.80 Å². The van der Waals surface area contributed by atoms with Crippen LogP contribution in [0.2, 0.25) is 0 Å². The molecule has 0 radical (unpaired) electrons. The van der Waals surface area contributed by atoms with Crippen LogP contribution in [0.3, 0.4) is 0 Å². The van der Waals surface area contributed by atoms with Gasteiger partial charge in [0, 0.05) is 26.2 Å². The zero-order valence-electron chi connectivity index (χ0n) is 20.1. The fraction of sp³-hybridized carbons (Fsp3) is 0.909. The summed E-state index contributed by atoms with van der Waals surface area (Å²) in [5.41, 5.74) is 0. The largest absolute Gasteiger partial charge is 0.377 e. The molecular weight excluding hydrogens is 452 g/mol. The van der Waals surface area contributed by atoms with Crippen LogP contribution in [-0.2, 0) is 47.5 Å². The summed E-state index contributed by atoms with van der Waals surface area (Å²) in [6, 6.07) is 0. The van der Waals surface area contributed by atoms with Crippen LogP contribution >= 0.6 is 0 Å². The minimum atomic E-state index is -0.158. The molecule has 0 aromatic rings. The number of ether oxygens (including phenoxy) is 8. The molecular formula is C22H40N2O10. The van der Waals surface area contributed by atoms with Gasteiger partial charge >= 0.3 is 0 Å². The lowest BCUT2D eigenvalue weighted by Crippen LogP contribution is -2.40. The van der Waals surface area contributed by atoms with Gasteiger partial charge in [0.1, 0.15) is 13.2 Å². The second kappa shape index (κ2) is 19.9. The first-order chi connectivity index (χ1) is 16.8. The van der Waals surface area contributed by atoms with Gasteiger partial charge in [-0.15, -0.1) is 0 Å². The van der Waals surface area contributed by atoms with E-state index in [1.165, 1.54) is 0 Å². The minimum absolute atomic E-state index is 0.0764. The van der Waals surface area contributed by atoms with Crippen molar-refractivity contribution in [2.45, 2.75) is 0 Å². The van der Waals surface area contributed by atoms with Gasteiger partial charge in [0.15, 0.2) is 0 Å². The Morgan fingerprint density at radius 2 is 0.588 bits per heavy atom. The predicted molar refractivity (Wildman–Crippen MR) is 120 cm³/mol. The van der Waals surface area contributed by atoms with E-state index >= 15 is 0 Å². The van der Waals surface area contributed by atoms with Crippen molar-refractivity contribution in [2.24, 2.45) is 0 Å². The molecule has 3 aliphatic rings. The summed E-state index contributed by atoms with van der Waals surface area (Å²) in [5, 5.41) is 0. The highest BCUT2D eigenvalue weighted by Crippen LogP contribution is 1.97. The van der Waals surface area contributed by atoms with E-state index in [2.05, 4.69) is 0 Å². The van der Waals surface area contributed by atoms with Crippen LogP contribution < -0.4 is 0 Å². The van der Waals surface area contributed by atoms with Gasteiger partial charge in [-0.3, -0.25) is 9.59 Å². The van der Waals surface area contributed by atoms with Crippen molar-refractivity contribution < 1.29 is 47.5 Å². The van der Waals surface area contributed by atoms with Crippen LogP contribution in [0.4, 0.5) is 0 Å². The van der Waals surface area contributed by atoms with Crippen LogP contribution in [0.5, 0.6) is 0 Å². The van der Waals surface area contributed by atoms with Gasteiger partial charge in [0.2, 0.25) is 11.8 Å². The zero-order valence-corrected chi connectivity index (χ0v) is 20.1. The molecule has 3 saturated heterocycles. The summed E-state index contributed by atoms with van der Waals surface area (Å²) < 4.78 is 44.2. The third-order valence-corrected chi connectivity index (χ3v) is 5.04. The summed E-state index contributed by atoms with van der Waals surface area (Å²) >= 11 is 0. The van der Waals surface area contributed by atoms with Crippen molar-refractivity contribution in [3.63, 3.8) is 0 Å². The van der Waals surface area contributed by atoms with E-state index < -0.39 is 0 Å². The van der Waals surface area contributed by atoms with Gasteiger partial charge in [-0.25, -0.2) is 0 Å². The van der Waals surface area contributed by atoms with Gasteiger partial charge in [0.25, 0.3) is 0 Å². The van der Waals surface area contributed by atoms with E-state index in [0.29, 0.717) is 105 Å². The van der Waals surface area contributed by atoms with Gasteiger partial charge in [-0.05, 0) is 0 Å². The smallest absolute Gasteiger partial charge is 0.248 e. The summed E-state index contributed by atoms with van der Waals surface area (Å²) in [5.74, 6) is -0.315. The van der Waals surface area contributed by atoms with Crippen molar-refractivity contribution >= 4 is 11.8 Å². The number of carbonyl (C=O) groups excluding carboxylic acids is 2. The monoisotopic (exact) mass is 492 g/mol. The average molecular weight is 493 g/mol. The molecule has 3 heterocycles. The lowest BCUT2D eigenvalue weighted by Gasteiger charge is -2.24. The van der Waals surface area contributed by atoms with Crippen molar-refractivity contribution in [1.82, 2.24) is 9.80 Å². The summed E-state index contributed by atoms with van der Waals surface area (Å²) in [7, 11) is 0. The van der Waals surface area contributed by atoms with E-state index in [1.807, 2.05) is 0 Å². The van der Waals surface area contributed by atoms with E-state index in [4.69, 9.17) is 37.9 Å². The van der Waals surface area contributed by atoms with E-state index in [9.17, 15) is 9.59 Å². The highest BCUT2D eigenvalue weighted by Gasteiger charge is 2.16. The molecule has 12 heteroatoms. The summed E-state index contributed by atoms with van der Waals surface area (Å²) in [4.78, 5) is 28.4. The number of carbonyl (C=O) groups is 2. The molecule has 3 rings (SSSR count). The molecule has 2 bridgehead atoms. The first-order valence-electron chi connectivity index (χ1n) is 11.9. The average Bonchev–Trinajstić information content (AvgIpc) is 2.83. The first-order valence-corrected chi connectivity index (χ1v) is 11.9. The third-order valence-electron chi connectivity index (χ3n) is 5.04. The van der Waals surface area contributed by atoms with E-state index in [-0.39, 0.29) is 38.2 Å². The molecule has 2 amide bonds. The molecule has 12 nitrogen and oxygen atoms in total. The standard InChI is InChI=1S/C22H40N2O10/c25-21-19-33-17-18-34-20-22(26)24-2-6-28-10-9-27-5-1-23(21)3-7-29-11-13-31-15-16-32-14-12-30-8-4-24/h1-20H2. The maximum atomic E-state index is 12.6. The molecule has 0 spiro atoms. The van der Waals surface area contributed by atoms with Gasteiger partial charge in [-0.1, -0.05) is 0 Å². The maximum absolute atomic E-state index is 12.6. The van der Waals surface area contributed by atoms with Crippen molar-refractivity contribution in [2.75, 3.05) is 132 Å². The number of nitrogens with zero attached hydrogens (tertiary/aromatic N) is 2. The van der Waals surface area contributed by atoms with Gasteiger partial charge in [0.05, 0.1) is 92.5 Å². The Balaban J connectivity index is 1.94. The van der Waals surface area contributed by atoms with Gasteiger partial charge in [-0.2, -0.15) is 0 Å². The van der Waals surface area contributed by atoms with Crippen LogP contribution in [0.1, 0.15) is 0 Å². The quantitative estimate of drug-likeness (QED) is 0.382. The second-order valence-corrected chi connectivity index (χ2v) is 7.54. The zero-order chi connectivity index (χ0) is 24.1. The van der Waals surface area contributed by atoms with Crippen LogP contribution in [0.25, 0.3) is 0 Å². The van der Waals surface area contributed by atoms with Crippen molar-refractivity contribution in [3.05, 3.63) is 0 Å². The highest BCUT2D eigenvalue weighted by atomic mass is 16.6. The minimum Gasteiger partial charge on any atom is -0.377 e. The molecule has 0 saturated carbocycles. The SMILES string of the molecule is O=C1COCCOCC(=O)N2CCOCCOCCOCCOCCN1CCOCCOCC2. The molecule has 3 aliphatic heterocycles. The Morgan fingerprint density at radius 1 is 0.353 bits per heavy atom. The Hall–Kier alpha value is -1.38. The van der Waals surface area contributed by atoms with E-state index in [0.717, 1.165) is 0 Å². The molecule has 34 heavy (non-hydrogen) atoms. The van der Waals surface area contributed by atoms with Crippen LogP contribution in [-0.4, -0.2) is 154 Å². The molecule has 0 aromatic carbocycles. The van der Waals surface area contributed by atoms with Crippen molar-refractivity contribution in [1.29, 1.82) is 0 Å². The predicted octanol–water partition coefficient (Wildman–Crippen LogP) is -1.20. The Labute approximate surface area is 201 Å². The Morgan fingerprint density at radius 3 is 0.882 bits per heavy atom. The number of hydrogen-bond donors (Lipinski definition) is 0. The lowest BCUT2D eigenvalue weighted by atomic mass is 10.4. The fourth-order valence-electron chi connectivity index (χ4n) is 3.12. The molecule has 0 aromatic heterocycles. The number of rotatable bonds is 0. The number of hydrogen-bond acceptors (Lipinski definition) is 10. The summed E-state index contributed by atoms with van der Waals surface area (Å²) in [6.07, 6.45) is 0. The van der Waals surface area contributed by atoms with Crippen LogP contribution in [0, 0.1) is 0 Å². The molecule has 0 N–H and O–H groups in total. The third kappa shape index (κ3) is 14.1.